The summed E-state index contributed by atoms with van der Waals surface area (Å²) in [6.07, 6.45) is 5.90. The van der Waals surface area contributed by atoms with Gasteiger partial charge in [-0.2, -0.15) is 0 Å². The first-order chi connectivity index (χ1) is 9.16. The molecule has 0 unspecified atom stereocenters. The van der Waals surface area contributed by atoms with E-state index in [1.54, 1.807) is 0 Å². The van der Waals surface area contributed by atoms with Gasteiger partial charge in [0, 0.05) is 17.3 Å². The molecule has 0 amide bonds. The Kier molecular flexibility index (Phi) is 4.44. The topological polar surface area (TPSA) is 60.2 Å². The number of rotatable bonds is 5. The second kappa shape index (κ2) is 6.27. The summed E-state index contributed by atoms with van der Waals surface area (Å²) in [4.78, 5) is 22.2. The standard InChI is InChI=1S/C15H17NO3/c17-15-8-4-7-14(15)13(11-16(18)19)10-9-12-5-2-1-3-6-12/h1-3,5-6,9-10,13-14H,4,7-8,11H2/b10-9+/t13-,14+/m1/s1. The molecule has 1 saturated carbocycles. The predicted molar refractivity (Wildman–Crippen MR) is 73.2 cm³/mol. The van der Waals surface area contributed by atoms with Gasteiger partial charge >= 0.3 is 0 Å². The van der Waals surface area contributed by atoms with Gasteiger partial charge in [-0.1, -0.05) is 42.5 Å². The molecule has 1 fully saturated rings. The first kappa shape index (κ1) is 13.5. The second-order valence-electron chi connectivity index (χ2n) is 4.91. The number of nitrogens with zero attached hydrogens (tertiary/aromatic N) is 1. The maximum absolute atomic E-state index is 11.8. The van der Waals surface area contributed by atoms with Crippen molar-refractivity contribution in [2.45, 2.75) is 19.3 Å². The van der Waals surface area contributed by atoms with Crippen LogP contribution in [0.25, 0.3) is 6.08 Å². The number of hydrogen-bond donors (Lipinski definition) is 0. The number of ketones is 1. The number of carbonyl (C=O) groups is 1. The molecule has 0 saturated heterocycles. The van der Waals surface area contributed by atoms with E-state index in [0.717, 1.165) is 18.4 Å². The van der Waals surface area contributed by atoms with Crippen LogP contribution < -0.4 is 0 Å². The van der Waals surface area contributed by atoms with Crippen LogP contribution in [0.15, 0.2) is 36.4 Å². The molecule has 0 aromatic heterocycles. The minimum atomic E-state index is -0.328. The fourth-order valence-electron chi connectivity index (χ4n) is 2.59. The van der Waals surface area contributed by atoms with Crippen LogP contribution in [0.4, 0.5) is 0 Å². The number of Topliss-reactive ketones (excluding diaryl/α,β-unsaturated/α-hetero) is 1. The molecule has 0 bridgehead atoms. The highest BCUT2D eigenvalue weighted by Gasteiger charge is 2.33. The largest absolute Gasteiger partial charge is 0.299 e. The van der Waals surface area contributed by atoms with E-state index < -0.39 is 0 Å². The van der Waals surface area contributed by atoms with Gasteiger partial charge in [-0.05, 0) is 18.4 Å². The number of nitro groups is 1. The lowest BCUT2D eigenvalue weighted by Gasteiger charge is -2.14. The molecule has 100 valence electrons. The molecular formula is C15H17NO3. The van der Waals surface area contributed by atoms with Crippen molar-refractivity contribution in [1.82, 2.24) is 0 Å². The van der Waals surface area contributed by atoms with E-state index in [4.69, 9.17) is 0 Å². The lowest BCUT2D eigenvalue weighted by Crippen LogP contribution is -2.24. The van der Waals surface area contributed by atoms with Gasteiger partial charge in [-0.15, -0.1) is 0 Å². The summed E-state index contributed by atoms with van der Waals surface area (Å²) >= 11 is 0. The molecule has 0 N–H and O–H groups in total. The van der Waals surface area contributed by atoms with Crippen LogP contribution in [0.5, 0.6) is 0 Å². The molecule has 1 aromatic rings. The summed E-state index contributed by atoms with van der Waals surface area (Å²) < 4.78 is 0. The quantitative estimate of drug-likeness (QED) is 0.603. The molecule has 1 aromatic carbocycles. The van der Waals surface area contributed by atoms with Crippen molar-refractivity contribution in [2.75, 3.05) is 6.54 Å². The SMILES string of the molecule is O=C1CCC[C@H]1[C@H](/C=C/c1ccccc1)C[N+](=O)[O-]. The Bertz CT molecular complexity index is 481. The first-order valence-electron chi connectivity index (χ1n) is 6.54. The summed E-state index contributed by atoms with van der Waals surface area (Å²) in [5, 5.41) is 10.7. The first-order valence-corrected chi connectivity index (χ1v) is 6.54. The zero-order chi connectivity index (χ0) is 13.7. The average Bonchev–Trinajstić information content (AvgIpc) is 2.81. The van der Waals surface area contributed by atoms with Gasteiger partial charge in [0.2, 0.25) is 6.54 Å². The molecule has 4 heteroatoms. The smallest absolute Gasteiger partial charge is 0.210 e. The second-order valence-corrected chi connectivity index (χ2v) is 4.91. The van der Waals surface area contributed by atoms with Crippen LogP contribution in [0.2, 0.25) is 0 Å². The number of carbonyl (C=O) groups excluding carboxylic acids is 1. The van der Waals surface area contributed by atoms with Crippen molar-refractivity contribution in [3.8, 4) is 0 Å². The zero-order valence-corrected chi connectivity index (χ0v) is 10.7. The highest BCUT2D eigenvalue weighted by atomic mass is 16.6. The Morgan fingerprint density at radius 3 is 2.68 bits per heavy atom. The van der Waals surface area contributed by atoms with Crippen LogP contribution in [0.3, 0.4) is 0 Å². The molecular weight excluding hydrogens is 242 g/mol. The van der Waals surface area contributed by atoms with Gasteiger partial charge < -0.3 is 0 Å². The normalized spacial score (nSPS) is 20.8. The number of hydrogen-bond acceptors (Lipinski definition) is 3. The van der Waals surface area contributed by atoms with Gasteiger partial charge in [0.25, 0.3) is 0 Å². The molecule has 0 heterocycles. The van der Waals surface area contributed by atoms with Crippen molar-refractivity contribution >= 4 is 11.9 Å². The van der Waals surface area contributed by atoms with E-state index >= 15 is 0 Å². The Morgan fingerprint density at radius 2 is 2.11 bits per heavy atom. The fourth-order valence-corrected chi connectivity index (χ4v) is 2.59. The summed E-state index contributed by atoms with van der Waals surface area (Å²) in [5.41, 5.74) is 1.00. The Morgan fingerprint density at radius 1 is 1.37 bits per heavy atom. The minimum Gasteiger partial charge on any atom is -0.299 e. The molecule has 0 radical (unpaired) electrons. The van der Waals surface area contributed by atoms with Crippen molar-refractivity contribution in [3.05, 3.63) is 52.1 Å². The summed E-state index contributed by atoms with van der Waals surface area (Å²) in [5.74, 6) is -0.292. The molecule has 0 aliphatic heterocycles. The molecule has 1 aliphatic rings. The predicted octanol–water partition coefficient (Wildman–Crippen LogP) is 2.96. The maximum atomic E-state index is 11.8. The van der Waals surface area contributed by atoms with Gasteiger partial charge in [0.05, 0.1) is 5.92 Å². The fraction of sp³-hybridized carbons (Fsp3) is 0.400. The van der Waals surface area contributed by atoms with Crippen molar-refractivity contribution in [3.63, 3.8) is 0 Å². The number of benzene rings is 1. The summed E-state index contributed by atoms with van der Waals surface area (Å²) in [6, 6.07) is 9.64. The molecule has 2 atom stereocenters. The maximum Gasteiger partial charge on any atom is 0.210 e. The third-order valence-electron chi connectivity index (χ3n) is 3.56. The monoisotopic (exact) mass is 259 g/mol. The third-order valence-corrected chi connectivity index (χ3v) is 3.56. The van der Waals surface area contributed by atoms with Gasteiger partial charge in [-0.25, -0.2) is 0 Å². The summed E-state index contributed by atoms with van der Waals surface area (Å²) in [7, 11) is 0. The third kappa shape index (κ3) is 3.74. The van der Waals surface area contributed by atoms with E-state index in [1.165, 1.54) is 0 Å². The van der Waals surface area contributed by atoms with Gasteiger partial charge in [-0.3, -0.25) is 14.9 Å². The van der Waals surface area contributed by atoms with E-state index in [-0.39, 0.29) is 29.1 Å². The van der Waals surface area contributed by atoms with Crippen LogP contribution in [0, 0.1) is 22.0 Å². The highest BCUT2D eigenvalue weighted by molar-refractivity contribution is 5.83. The van der Waals surface area contributed by atoms with Crippen molar-refractivity contribution < 1.29 is 9.72 Å². The van der Waals surface area contributed by atoms with Crippen molar-refractivity contribution in [1.29, 1.82) is 0 Å². The molecule has 4 nitrogen and oxygen atoms in total. The lowest BCUT2D eigenvalue weighted by molar-refractivity contribution is -0.487. The Balaban J connectivity index is 2.11. The van der Waals surface area contributed by atoms with E-state index in [9.17, 15) is 14.9 Å². The van der Waals surface area contributed by atoms with E-state index in [2.05, 4.69) is 0 Å². The van der Waals surface area contributed by atoms with E-state index in [0.29, 0.717) is 6.42 Å². The Labute approximate surface area is 112 Å². The molecule has 1 aliphatic carbocycles. The van der Waals surface area contributed by atoms with Crippen molar-refractivity contribution in [2.24, 2.45) is 11.8 Å². The zero-order valence-electron chi connectivity index (χ0n) is 10.7. The molecule has 19 heavy (non-hydrogen) atoms. The Hall–Kier alpha value is -1.97. The van der Waals surface area contributed by atoms with Crippen LogP contribution in [-0.2, 0) is 4.79 Å². The van der Waals surface area contributed by atoms with Gasteiger partial charge in [0.15, 0.2) is 0 Å². The van der Waals surface area contributed by atoms with Crippen LogP contribution >= 0.6 is 0 Å². The van der Waals surface area contributed by atoms with E-state index in [1.807, 2.05) is 42.5 Å². The highest BCUT2D eigenvalue weighted by Crippen LogP contribution is 2.29. The van der Waals surface area contributed by atoms with Gasteiger partial charge in [0.1, 0.15) is 5.78 Å². The average molecular weight is 259 g/mol. The molecule has 2 rings (SSSR count). The van der Waals surface area contributed by atoms with Crippen LogP contribution in [-0.4, -0.2) is 17.3 Å². The lowest BCUT2D eigenvalue weighted by atomic mass is 9.89. The summed E-state index contributed by atoms with van der Waals surface area (Å²) in [6.45, 7) is -0.167. The van der Waals surface area contributed by atoms with Crippen LogP contribution in [0.1, 0.15) is 24.8 Å². The minimum absolute atomic E-state index is 0.167. The molecule has 0 spiro atoms.